The predicted octanol–water partition coefficient (Wildman–Crippen LogP) is 3.72. The number of benzene rings is 2. The van der Waals surface area contributed by atoms with Gasteiger partial charge in [0.05, 0.1) is 6.42 Å². The second-order valence-corrected chi connectivity index (χ2v) is 6.11. The Balaban J connectivity index is 1.68. The first-order valence-corrected chi connectivity index (χ1v) is 8.87. The molecule has 0 unspecified atom stereocenters. The molecule has 25 heavy (non-hydrogen) atoms. The molecule has 0 aliphatic rings. The SMILES string of the molecule is CCCC(=O)Nc1ccc(CC(=O)NCCCc2ccccc2)cc1. The lowest BCUT2D eigenvalue weighted by molar-refractivity contribution is -0.120. The second kappa shape index (κ2) is 10.3. The summed E-state index contributed by atoms with van der Waals surface area (Å²) in [6, 6.07) is 17.7. The van der Waals surface area contributed by atoms with E-state index in [0.717, 1.165) is 30.5 Å². The molecule has 0 spiro atoms. The summed E-state index contributed by atoms with van der Waals surface area (Å²) in [4.78, 5) is 23.5. The maximum atomic E-state index is 12.0. The molecule has 2 N–H and O–H groups in total. The van der Waals surface area contributed by atoms with Gasteiger partial charge in [0.15, 0.2) is 0 Å². The van der Waals surface area contributed by atoms with E-state index >= 15 is 0 Å². The molecule has 4 heteroatoms. The molecule has 4 nitrogen and oxygen atoms in total. The van der Waals surface area contributed by atoms with Crippen molar-refractivity contribution < 1.29 is 9.59 Å². The summed E-state index contributed by atoms with van der Waals surface area (Å²) in [6.45, 7) is 2.65. The zero-order valence-corrected chi connectivity index (χ0v) is 14.8. The second-order valence-electron chi connectivity index (χ2n) is 6.11. The van der Waals surface area contributed by atoms with E-state index in [9.17, 15) is 9.59 Å². The van der Waals surface area contributed by atoms with Crippen LogP contribution in [-0.2, 0) is 22.4 Å². The molecular formula is C21H26N2O2. The highest BCUT2D eigenvalue weighted by atomic mass is 16.2. The molecule has 0 aromatic heterocycles. The highest BCUT2D eigenvalue weighted by molar-refractivity contribution is 5.90. The Kier molecular flexibility index (Phi) is 7.70. The molecule has 0 saturated heterocycles. The van der Waals surface area contributed by atoms with Crippen LogP contribution >= 0.6 is 0 Å². The minimum absolute atomic E-state index is 0.0198. The molecule has 0 saturated carbocycles. The average molecular weight is 338 g/mol. The van der Waals surface area contributed by atoms with Gasteiger partial charge in [0.25, 0.3) is 0 Å². The van der Waals surface area contributed by atoms with Gasteiger partial charge in [0.2, 0.25) is 11.8 Å². The van der Waals surface area contributed by atoms with Gasteiger partial charge in [-0.2, -0.15) is 0 Å². The lowest BCUT2D eigenvalue weighted by Gasteiger charge is -2.07. The Morgan fingerprint density at radius 2 is 1.60 bits per heavy atom. The summed E-state index contributed by atoms with van der Waals surface area (Å²) in [5.74, 6) is 0.0437. The number of rotatable bonds is 9. The summed E-state index contributed by atoms with van der Waals surface area (Å²) in [5, 5.41) is 5.80. The highest BCUT2D eigenvalue weighted by Gasteiger charge is 2.04. The minimum Gasteiger partial charge on any atom is -0.356 e. The largest absolute Gasteiger partial charge is 0.356 e. The van der Waals surface area contributed by atoms with Crippen molar-refractivity contribution in [1.82, 2.24) is 5.32 Å². The van der Waals surface area contributed by atoms with E-state index in [-0.39, 0.29) is 11.8 Å². The van der Waals surface area contributed by atoms with Gasteiger partial charge in [0, 0.05) is 18.7 Å². The summed E-state index contributed by atoms with van der Waals surface area (Å²) in [5.41, 5.74) is 3.00. The zero-order valence-electron chi connectivity index (χ0n) is 14.8. The lowest BCUT2D eigenvalue weighted by atomic mass is 10.1. The van der Waals surface area contributed by atoms with E-state index in [1.807, 2.05) is 49.4 Å². The fraction of sp³-hybridized carbons (Fsp3) is 0.333. The monoisotopic (exact) mass is 338 g/mol. The molecule has 2 aromatic rings. The molecule has 0 atom stereocenters. The van der Waals surface area contributed by atoms with Crippen molar-refractivity contribution in [3.63, 3.8) is 0 Å². The van der Waals surface area contributed by atoms with E-state index in [2.05, 4.69) is 22.8 Å². The molecule has 2 amide bonds. The molecule has 0 aliphatic heterocycles. The van der Waals surface area contributed by atoms with Crippen LogP contribution in [0.3, 0.4) is 0 Å². The van der Waals surface area contributed by atoms with Gasteiger partial charge in [-0.3, -0.25) is 9.59 Å². The number of nitrogens with one attached hydrogen (secondary N) is 2. The van der Waals surface area contributed by atoms with Gasteiger partial charge >= 0.3 is 0 Å². The van der Waals surface area contributed by atoms with Gasteiger partial charge in [-0.25, -0.2) is 0 Å². The van der Waals surface area contributed by atoms with E-state index in [4.69, 9.17) is 0 Å². The zero-order chi connectivity index (χ0) is 17.9. The molecule has 2 aromatic carbocycles. The first kappa shape index (κ1) is 18.7. The molecular weight excluding hydrogens is 312 g/mol. The van der Waals surface area contributed by atoms with Crippen LogP contribution in [0.2, 0.25) is 0 Å². The molecule has 0 radical (unpaired) electrons. The number of amides is 2. The fourth-order valence-electron chi connectivity index (χ4n) is 2.57. The minimum atomic E-state index is 0.0198. The fourth-order valence-corrected chi connectivity index (χ4v) is 2.57. The van der Waals surface area contributed by atoms with Crippen molar-refractivity contribution in [2.24, 2.45) is 0 Å². The quantitative estimate of drug-likeness (QED) is 0.685. The van der Waals surface area contributed by atoms with Crippen molar-refractivity contribution in [3.05, 3.63) is 65.7 Å². The first-order valence-electron chi connectivity index (χ1n) is 8.87. The Labute approximate surface area is 149 Å². The van der Waals surface area contributed by atoms with Crippen LogP contribution < -0.4 is 10.6 Å². The average Bonchev–Trinajstić information content (AvgIpc) is 2.61. The van der Waals surface area contributed by atoms with E-state index < -0.39 is 0 Å². The van der Waals surface area contributed by atoms with E-state index in [1.54, 1.807) is 0 Å². The number of hydrogen-bond donors (Lipinski definition) is 2. The third-order valence-corrected chi connectivity index (χ3v) is 3.89. The van der Waals surface area contributed by atoms with Gasteiger partial charge in [-0.05, 0) is 42.5 Å². The maximum absolute atomic E-state index is 12.0. The normalized spacial score (nSPS) is 10.3. The van der Waals surface area contributed by atoms with Gasteiger partial charge in [-0.15, -0.1) is 0 Å². The van der Waals surface area contributed by atoms with Crippen LogP contribution in [0.15, 0.2) is 54.6 Å². The molecule has 2 rings (SSSR count). The van der Waals surface area contributed by atoms with Crippen LogP contribution in [0.5, 0.6) is 0 Å². The van der Waals surface area contributed by atoms with Crippen LogP contribution in [0.1, 0.15) is 37.3 Å². The van der Waals surface area contributed by atoms with Gasteiger partial charge < -0.3 is 10.6 Å². The van der Waals surface area contributed by atoms with Crippen molar-refractivity contribution in [2.75, 3.05) is 11.9 Å². The summed E-state index contributed by atoms with van der Waals surface area (Å²) in [6.07, 6.45) is 3.60. The maximum Gasteiger partial charge on any atom is 0.224 e. The standard InChI is InChI=1S/C21H26N2O2/c1-2-7-20(24)23-19-13-11-18(12-14-19)16-21(25)22-15-6-10-17-8-4-3-5-9-17/h3-5,8-9,11-14H,2,6-7,10,15-16H2,1H3,(H,22,25)(H,23,24). The number of anilines is 1. The number of carbonyl (C=O) groups excluding carboxylic acids is 2. The Hall–Kier alpha value is -2.62. The Morgan fingerprint density at radius 1 is 0.880 bits per heavy atom. The van der Waals surface area contributed by atoms with Crippen molar-refractivity contribution in [1.29, 1.82) is 0 Å². The molecule has 0 heterocycles. The van der Waals surface area contributed by atoms with E-state index in [0.29, 0.717) is 19.4 Å². The topological polar surface area (TPSA) is 58.2 Å². The number of aryl methyl sites for hydroxylation is 1. The van der Waals surface area contributed by atoms with Gasteiger partial charge in [0.1, 0.15) is 0 Å². The van der Waals surface area contributed by atoms with Gasteiger partial charge in [-0.1, -0.05) is 49.4 Å². The van der Waals surface area contributed by atoms with Crippen LogP contribution in [0.25, 0.3) is 0 Å². The first-order chi connectivity index (χ1) is 12.2. The molecule has 0 bridgehead atoms. The van der Waals surface area contributed by atoms with Crippen molar-refractivity contribution in [2.45, 2.75) is 39.0 Å². The van der Waals surface area contributed by atoms with Crippen molar-refractivity contribution in [3.8, 4) is 0 Å². The highest BCUT2D eigenvalue weighted by Crippen LogP contribution is 2.11. The number of hydrogen-bond acceptors (Lipinski definition) is 2. The molecule has 0 fully saturated rings. The molecule has 132 valence electrons. The third-order valence-electron chi connectivity index (χ3n) is 3.89. The third kappa shape index (κ3) is 7.21. The smallest absolute Gasteiger partial charge is 0.224 e. The van der Waals surface area contributed by atoms with Crippen LogP contribution in [0, 0.1) is 0 Å². The van der Waals surface area contributed by atoms with Crippen molar-refractivity contribution >= 4 is 17.5 Å². The molecule has 0 aliphatic carbocycles. The lowest BCUT2D eigenvalue weighted by Crippen LogP contribution is -2.26. The summed E-state index contributed by atoms with van der Waals surface area (Å²) < 4.78 is 0. The van der Waals surface area contributed by atoms with Crippen LogP contribution in [-0.4, -0.2) is 18.4 Å². The van der Waals surface area contributed by atoms with Crippen LogP contribution in [0.4, 0.5) is 5.69 Å². The Bertz CT molecular complexity index is 666. The number of carbonyl (C=O) groups is 2. The van der Waals surface area contributed by atoms with E-state index in [1.165, 1.54) is 5.56 Å². The predicted molar refractivity (Wildman–Crippen MR) is 101 cm³/mol. The summed E-state index contributed by atoms with van der Waals surface area (Å²) >= 11 is 0. The Morgan fingerprint density at radius 3 is 2.28 bits per heavy atom. The summed E-state index contributed by atoms with van der Waals surface area (Å²) in [7, 11) is 0.